The predicted molar refractivity (Wildman–Crippen MR) is 116 cm³/mol. The van der Waals surface area contributed by atoms with E-state index in [-0.39, 0.29) is 48.8 Å². The van der Waals surface area contributed by atoms with Crippen LogP contribution in [0.4, 0.5) is 10.5 Å². The molecule has 1 fully saturated rings. The number of amides is 2. The van der Waals surface area contributed by atoms with Gasteiger partial charge in [-0.25, -0.2) is 13.2 Å². The van der Waals surface area contributed by atoms with Gasteiger partial charge in [0.05, 0.1) is 9.82 Å². The lowest BCUT2D eigenvalue weighted by atomic mass is 10.1. The molecule has 1 N–H and O–H groups in total. The first-order valence-corrected chi connectivity index (χ1v) is 11.6. The van der Waals surface area contributed by atoms with Crippen LogP contribution in [-0.4, -0.2) is 60.8 Å². The molecule has 0 saturated carbocycles. The van der Waals surface area contributed by atoms with Crippen LogP contribution in [0.25, 0.3) is 0 Å². The minimum atomic E-state index is -3.86. The minimum Gasteiger partial charge on any atom is -0.336 e. The number of carbonyl (C=O) groups is 1. The first-order valence-electron chi connectivity index (χ1n) is 10.1. The largest absolute Gasteiger partial charge is 0.336 e. The number of hydrogen-bond acceptors (Lipinski definition) is 5. The van der Waals surface area contributed by atoms with Crippen LogP contribution in [0, 0.1) is 10.1 Å². The number of benzene rings is 2. The topological polar surface area (TPSA) is 113 Å². The Balaban J connectivity index is 1.52. The molecule has 2 aromatic carbocycles. The highest BCUT2D eigenvalue weighted by molar-refractivity contribution is 7.89. The van der Waals surface area contributed by atoms with E-state index in [2.05, 4.69) is 17.4 Å². The molecule has 10 heteroatoms. The fraction of sp³-hybridized carbons (Fsp3) is 0.381. The van der Waals surface area contributed by atoms with Crippen molar-refractivity contribution >= 4 is 21.7 Å². The average molecular weight is 447 g/mol. The molecule has 2 aromatic rings. The summed E-state index contributed by atoms with van der Waals surface area (Å²) in [6.07, 6.45) is 1.66. The second kappa shape index (κ2) is 9.88. The van der Waals surface area contributed by atoms with Gasteiger partial charge in [-0.1, -0.05) is 36.4 Å². The molecule has 1 heterocycles. The maximum atomic E-state index is 12.8. The van der Waals surface area contributed by atoms with Crippen LogP contribution in [0.2, 0.25) is 0 Å². The van der Waals surface area contributed by atoms with Crippen LogP contribution < -0.4 is 5.32 Å². The van der Waals surface area contributed by atoms with E-state index in [1.165, 1.54) is 28.1 Å². The highest BCUT2D eigenvalue weighted by atomic mass is 32.2. The van der Waals surface area contributed by atoms with Gasteiger partial charge in [0, 0.05) is 44.4 Å². The van der Waals surface area contributed by atoms with Gasteiger partial charge in [0.15, 0.2) is 0 Å². The molecule has 0 aliphatic carbocycles. The molecule has 9 nitrogen and oxygen atoms in total. The maximum absolute atomic E-state index is 12.8. The van der Waals surface area contributed by atoms with E-state index in [4.69, 9.17) is 0 Å². The van der Waals surface area contributed by atoms with Gasteiger partial charge >= 0.3 is 6.03 Å². The van der Waals surface area contributed by atoms with E-state index in [0.717, 1.165) is 18.9 Å². The van der Waals surface area contributed by atoms with E-state index >= 15 is 0 Å². The summed E-state index contributed by atoms with van der Waals surface area (Å²) in [6, 6.07) is 14.8. The van der Waals surface area contributed by atoms with E-state index in [1.807, 2.05) is 25.1 Å². The van der Waals surface area contributed by atoms with Crippen molar-refractivity contribution in [3.8, 4) is 0 Å². The molecule has 0 bridgehead atoms. The number of sulfonamides is 1. The molecule has 1 aliphatic heterocycles. The van der Waals surface area contributed by atoms with Gasteiger partial charge in [-0.15, -0.1) is 0 Å². The monoisotopic (exact) mass is 446 g/mol. The first-order chi connectivity index (χ1) is 14.8. The number of nitro benzene ring substituents is 1. The van der Waals surface area contributed by atoms with Crippen molar-refractivity contribution in [2.24, 2.45) is 0 Å². The van der Waals surface area contributed by atoms with Crippen LogP contribution in [0.15, 0.2) is 59.5 Å². The summed E-state index contributed by atoms with van der Waals surface area (Å²) in [5.41, 5.74) is 0.937. The second-order valence-electron chi connectivity index (χ2n) is 7.52. The molecule has 3 rings (SSSR count). The Bertz CT molecular complexity index is 1020. The number of nitrogens with zero attached hydrogens (tertiary/aromatic N) is 3. The summed E-state index contributed by atoms with van der Waals surface area (Å²) < 4.78 is 26.9. The van der Waals surface area contributed by atoms with E-state index in [0.29, 0.717) is 0 Å². The number of rotatable bonds is 7. The molecule has 1 atom stereocenters. The van der Waals surface area contributed by atoms with Crippen LogP contribution in [0.5, 0.6) is 0 Å². The SMILES string of the molecule is C[C@@H](CCc1ccccc1)NC(=O)N1CCN(S(=O)(=O)c2cccc([N+](=O)[O-])c2)CC1. The third kappa shape index (κ3) is 5.80. The Morgan fingerprint density at radius 3 is 2.42 bits per heavy atom. The van der Waals surface area contributed by atoms with E-state index in [1.54, 1.807) is 4.90 Å². The normalized spacial score (nSPS) is 16.0. The van der Waals surface area contributed by atoms with E-state index < -0.39 is 14.9 Å². The molecule has 1 saturated heterocycles. The molecule has 0 unspecified atom stereocenters. The number of piperazine rings is 1. The van der Waals surface area contributed by atoms with Crippen LogP contribution in [-0.2, 0) is 16.4 Å². The minimum absolute atomic E-state index is 0.0145. The number of carbonyl (C=O) groups excluding carboxylic acids is 1. The number of aryl methyl sites for hydroxylation is 1. The zero-order valence-corrected chi connectivity index (χ0v) is 18.1. The van der Waals surface area contributed by atoms with Crippen molar-refractivity contribution in [3.05, 3.63) is 70.3 Å². The average Bonchev–Trinajstić information content (AvgIpc) is 2.78. The third-order valence-electron chi connectivity index (χ3n) is 5.27. The molecule has 1 aliphatic rings. The smallest absolute Gasteiger partial charge is 0.317 e. The van der Waals surface area contributed by atoms with Crippen molar-refractivity contribution in [1.82, 2.24) is 14.5 Å². The van der Waals surface area contributed by atoms with Crippen molar-refractivity contribution in [2.45, 2.75) is 30.7 Å². The second-order valence-corrected chi connectivity index (χ2v) is 9.46. The molecule has 0 spiro atoms. The number of urea groups is 1. The van der Waals surface area contributed by atoms with Crippen LogP contribution in [0.1, 0.15) is 18.9 Å². The maximum Gasteiger partial charge on any atom is 0.317 e. The molecule has 166 valence electrons. The van der Waals surface area contributed by atoms with Crippen molar-refractivity contribution in [2.75, 3.05) is 26.2 Å². The van der Waals surface area contributed by atoms with E-state index in [9.17, 15) is 23.3 Å². The Labute approximate surface area is 181 Å². The Morgan fingerprint density at radius 2 is 1.77 bits per heavy atom. The van der Waals surface area contributed by atoms with Crippen molar-refractivity contribution < 1.29 is 18.1 Å². The van der Waals surface area contributed by atoms with Crippen LogP contribution in [0.3, 0.4) is 0 Å². The number of hydrogen-bond donors (Lipinski definition) is 1. The summed E-state index contributed by atoms with van der Waals surface area (Å²) in [5.74, 6) is 0. The summed E-state index contributed by atoms with van der Waals surface area (Å²) in [4.78, 5) is 24.3. The lowest BCUT2D eigenvalue weighted by Gasteiger charge is -2.34. The summed E-state index contributed by atoms with van der Waals surface area (Å²) in [7, 11) is -3.86. The standard InChI is InChI=1S/C21H26N4O5S/c1-17(10-11-18-6-3-2-4-7-18)22-21(26)23-12-14-24(15-13-23)31(29,30)20-9-5-8-19(16-20)25(27)28/h2-9,16-17H,10-15H2,1H3,(H,22,26)/t17-/m0/s1. The molecule has 0 aromatic heterocycles. The number of nitrogens with one attached hydrogen (secondary N) is 1. The van der Waals surface area contributed by atoms with Gasteiger partial charge in [0.2, 0.25) is 10.0 Å². The Hall–Kier alpha value is -2.98. The van der Waals surface area contributed by atoms with Gasteiger partial charge in [0.25, 0.3) is 5.69 Å². The zero-order chi connectivity index (χ0) is 22.4. The third-order valence-corrected chi connectivity index (χ3v) is 7.17. The number of non-ortho nitro benzene ring substituents is 1. The summed E-state index contributed by atoms with van der Waals surface area (Å²) in [5, 5.41) is 13.9. The fourth-order valence-corrected chi connectivity index (χ4v) is 4.90. The number of nitro groups is 1. The van der Waals surface area contributed by atoms with Gasteiger partial charge in [0.1, 0.15) is 0 Å². The Kier molecular flexibility index (Phi) is 7.24. The molecular formula is C21H26N4O5S. The Morgan fingerprint density at radius 1 is 1.10 bits per heavy atom. The van der Waals surface area contributed by atoms with Gasteiger partial charge in [-0.3, -0.25) is 10.1 Å². The lowest BCUT2D eigenvalue weighted by molar-refractivity contribution is -0.385. The molecular weight excluding hydrogens is 420 g/mol. The lowest BCUT2D eigenvalue weighted by Crippen LogP contribution is -2.54. The van der Waals surface area contributed by atoms with Gasteiger partial charge < -0.3 is 10.2 Å². The quantitative estimate of drug-likeness (QED) is 0.519. The summed E-state index contributed by atoms with van der Waals surface area (Å²) >= 11 is 0. The van der Waals surface area contributed by atoms with Crippen LogP contribution >= 0.6 is 0 Å². The molecule has 31 heavy (non-hydrogen) atoms. The molecule has 2 amide bonds. The van der Waals surface area contributed by atoms with Crippen molar-refractivity contribution in [1.29, 1.82) is 0 Å². The highest BCUT2D eigenvalue weighted by Crippen LogP contribution is 2.22. The highest BCUT2D eigenvalue weighted by Gasteiger charge is 2.31. The van der Waals surface area contributed by atoms with Crippen molar-refractivity contribution in [3.63, 3.8) is 0 Å². The van der Waals surface area contributed by atoms with Gasteiger partial charge in [-0.2, -0.15) is 4.31 Å². The fourth-order valence-electron chi connectivity index (χ4n) is 3.44. The summed E-state index contributed by atoms with van der Waals surface area (Å²) in [6.45, 7) is 2.73. The van der Waals surface area contributed by atoms with Gasteiger partial charge in [-0.05, 0) is 31.4 Å². The zero-order valence-electron chi connectivity index (χ0n) is 17.3. The molecule has 0 radical (unpaired) electrons. The first kappa shape index (κ1) is 22.7. The predicted octanol–water partition coefficient (Wildman–Crippen LogP) is 2.63.